The molecule has 2 aromatic rings. The molecular formula is C22H19ClN2O4. The number of carbonyl (C=O) groups excluding carboxylic acids is 3. The summed E-state index contributed by atoms with van der Waals surface area (Å²) in [6.07, 6.45) is 4.92. The van der Waals surface area contributed by atoms with Gasteiger partial charge in [0.25, 0.3) is 0 Å². The second-order valence-electron chi connectivity index (χ2n) is 7.00. The minimum atomic E-state index is -0.464. The zero-order valence-corrected chi connectivity index (χ0v) is 16.3. The molecule has 0 aromatic heterocycles. The molecular weight excluding hydrogens is 392 g/mol. The highest BCUT2D eigenvalue weighted by Crippen LogP contribution is 2.36. The number of fused-ring (bicyclic) bond motifs is 1. The predicted molar refractivity (Wildman–Crippen MR) is 109 cm³/mol. The molecule has 3 amide bonds. The molecule has 148 valence electrons. The Kier molecular flexibility index (Phi) is 5.36. The average Bonchev–Trinajstić information content (AvgIpc) is 2.96. The minimum Gasteiger partial charge on any atom is -0.454 e. The van der Waals surface area contributed by atoms with Gasteiger partial charge in [0.1, 0.15) is 12.3 Å². The lowest BCUT2D eigenvalue weighted by Gasteiger charge is -2.16. The molecule has 1 heterocycles. The van der Waals surface area contributed by atoms with Crippen LogP contribution in [0.2, 0.25) is 5.02 Å². The van der Waals surface area contributed by atoms with E-state index in [4.69, 9.17) is 16.3 Å². The molecule has 6 nitrogen and oxygen atoms in total. The quantitative estimate of drug-likeness (QED) is 0.596. The van der Waals surface area contributed by atoms with Crippen molar-refractivity contribution in [1.82, 2.24) is 4.90 Å². The van der Waals surface area contributed by atoms with Crippen LogP contribution in [0.4, 0.5) is 5.69 Å². The molecule has 0 bridgehead atoms. The van der Waals surface area contributed by atoms with Crippen molar-refractivity contribution < 1.29 is 19.1 Å². The molecule has 0 saturated carbocycles. The van der Waals surface area contributed by atoms with Crippen molar-refractivity contribution in [3.8, 4) is 11.5 Å². The molecule has 2 aromatic carbocycles. The fraction of sp³-hybridized carbons (Fsp3) is 0.227. The third-order valence-corrected chi connectivity index (χ3v) is 5.43. The third kappa shape index (κ3) is 3.89. The van der Waals surface area contributed by atoms with Gasteiger partial charge < -0.3 is 10.1 Å². The summed E-state index contributed by atoms with van der Waals surface area (Å²) in [5.74, 6) is -0.857. The van der Waals surface area contributed by atoms with Crippen molar-refractivity contribution in [2.24, 2.45) is 11.8 Å². The van der Waals surface area contributed by atoms with Gasteiger partial charge in [-0.2, -0.15) is 0 Å². The number of amides is 3. The second-order valence-corrected chi connectivity index (χ2v) is 7.40. The summed E-state index contributed by atoms with van der Waals surface area (Å²) in [7, 11) is 0. The number of para-hydroxylation sites is 3. The lowest BCUT2D eigenvalue weighted by Crippen LogP contribution is -2.38. The fourth-order valence-electron chi connectivity index (χ4n) is 3.66. The van der Waals surface area contributed by atoms with Crippen molar-refractivity contribution in [3.63, 3.8) is 0 Å². The number of nitrogens with zero attached hydrogens (tertiary/aromatic N) is 1. The Morgan fingerprint density at radius 2 is 1.55 bits per heavy atom. The molecule has 7 heteroatoms. The number of likely N-dealkylation sites (tertiary alicyclic amines) is 1. The summed E-state index contributed by atoms with van der Waals surface area (Å²) in [6.45, 7) is -0.314. The van der Waals surface area contributed by atoms with Crippen molar-refractivity contribution >= 4 is 35.0 Å². The Labute approximate surface area is 173 Å². The van der Waals surface area contributed by atoms with Crippen molar-refractivity contribution in [2.75, 3.05) is 11.9 Å². The minimum absolute atomic E-state index is 0.278. The van der Waals surface area contributed by atoms with E-state index in [0.29, 0.717) is 35.1 Å². The van der Waals surface area contributed by atoms with Gasteiger partial charge in [-0.3, -0.25) is 19.3 Å². The summed E-state index contributed by atoms with van der Waals surface area (Å²) < 4.78 is 5.83. The number of ether oxygens (including phenoxy) is 1. The summed E-state index contributed by atoms with van der Waals surface area (Å²) >= 11 is 6.14. The van der Waals surface area contributed by atoms with Crippen LogP contribution in [0, 0.1) is 11.8 Å². The van der Waals surface area contributed by atoms with Gasteiger partial charge in [-0.15, -0.1) is 0 Å². The number of benzene rings is 2. The van der Waals surface area contributed by atoms with Crippen molar-refractivity contribution in [3.05, 3.63) is 65.7 Å². The molecule has 0 spiro atoms. The van der Waals surface area contributed by atoms with E-state index in [1.807, 2.05) is 12.2 Å². The van der Waals surface area contributed by atoms with E-state index in [-0.39, 0.29) is 30.2 Å². The number of rotatable bonds is 5. The number of halogens is 1. The Hall–Kier alpha value is -3.12. The van der Waals surface area contributed by atoms with Gasteiger partial charge in [-0.05, 0) is 37.1 Å². The molecule has 1 saturated heterocycles. The van der Waals surface area contributed by atoms with Crippen LogP contribution in [-0.2, 0) is 14.4 Å². The van der Waals surface area contributed by atoms with Gasteiger partial charge in [-0.1, -0.05) is 48.0 Å². The first-order valence-corrected chi connectivity index (χ1v) is 9.74. The zero-order valence-electron chi connectivity index (χ0n) is 15.5. The molecule has 0 unspecified atom stereocenters. The van der Waals surface area contributed by atoms with E-state index < -0.39 is 5.91 Å². The van der Waals surface area contributed by atoms with E-state index in [2.05, 4.69) is 5.32 Å². The van der Waals surface area contributed by atoms with Crippen LogP contribution in [0.25, 0.3) is 0 Å². The summed E-state index contributed by atoms with van der Waals surface area (Å²) in [4.78, 5) is 38.7. The number of carbonyl (C=O) groups is 3. The van der Waals surface area contributed by atoms with Crippen LogP contribution in [0.5, 0.6) is 11.5 Å². The van der Waals surface area contributed by atoms with Gasteiger partial charge in [0, 0.05) is 0 Å². The monoisotopic (exact) mass is 410 g/mol. The molecule has 1 aliphatic heterocycles. The first kappa shape index (κ1) is 19.2. The normalized spacial score (nSPS) is 20.5. The average molecular weight is 411 g/mol. The van der Waals surface area contributed by atoms with Gasteiger partial charge in [0.05, 0.1) is 22.5 Å². The lowest BCUT2D eigenvalue weighted by atomic mass is 9.85. The molecule has 1 fully saturated rings. The van der Waals surface area contributed by atoms with Crippen LogP contribution in [0.1, 0.15) is 12.8 Å². The van der Waals surface area contributed by atoms with E-state index in [1.54, 1.807) is 48.5 Å². The highest BCUT2D eigenvalue weighted by molar-refractivity contribution is 6.32. The SMILES string of the molecule is O=C(CN1C(=O)[C@H]2CC=CC[C@@H]2C1=O)Nc1ccccc1Oc1ccccc1Cl. The van der Waals surface area contributed by atoms with Crippen molar-refractivity contribution in [2.45, 2.75) is 12.8 Å². The molecule has 0 radical (unpaired) electrons. The number of allylic oxidation sites excluding steroid dienone is 2. The summed E-state index contributed by atoms with van der Waals surface area (Å²) in [6, 6.07) is 13.9. The van der Waals surface area contributed by atoms with Gasteiger partial charge >= 0.3 is 0 Å². The summed E-state index contributed by atoms with van der Waals surface area (Å²) in [5, 5.41) is 3.17. The first-order chi connectivity index (χ1) is 14.0. The smallest absolute Gasteiger partial charge is 0.244 e. The standard InChI is InChI=1S/C22H19ClN2O4/c23-16-9-3-5-11-18(16)29-19-12-6-4-10-17(19)24-20(26)13-25-21(27)14-7-1-2-8-15(14)22(25)28/h1-6,9-12,14-15H,7-8,13H2,(H,24,26)/t14-,15-/m0/s1. The van der Waals surface area contributed by atoms with Crippen LogP contribution in [-0.4, -0.2) is 29.2 Å². The second kappa shape index (κ2) is 8.09. The van der Waals surface area contributed by atoms with E-state index in [1.165, 1.54) is 0 Å². The molecule has 1 N–H and O–H groups in total. The topological polar surface area (TPSA) is 75.7 Å². The Bertz CT molecular complexity index is 978. The molecule has 4 rings (SSSR count). The lowest BCUT2D eigenvalue weighted by molar-refractivity contribution is -0.142. The molecule has 29 heavy (non-hydrogen) atoms. The molecule has 2 atom stereocenters. The largest absolute Gasteiger partial charge is 0.454 e. The maximum absolute atomic E-state index is 12.6. The number of hydrogen-bond donors (Lipinski definition) is 1. The molecule has 2 aliphatic rings. The van der Waals surface area contributed by atoms with Gasteiger partial charge in [0.2, 0.25) is 17.7 Å². The van der Waals surface area contributed by atoms with Crippen LogP contribution in [0.15, 0.2) is 60.7 Å². The Morgan fingerprint density at radius 3 is 2.21 bits per heavy atom. The number of nitrogens with one attached hydrogen (secondary N) is 1. The van der Waals surface area contributed by atoms with Crippen LogP contribution >= 0.6 is 11.6 Å². The Morgan fingerprint density at radius 1 is 0.966 bits per heavy atom. The van der Waals surface area contributed by atoms with Crippen LogP contribution in [0.3, 0.4) is 0 Å². The summed E-state index contributed by atoms with van der Waals surface area (Å²) in [5.41, 5.74) is 0.426. The van der Waals surface area contributed by atoms with E-state index in [9.17, 15) is 14.4 Å². The molecule has 1 aliphatic carbocycles. The number of hydrogen-bond acceptors (Lipinski definition) is 4. The number of anilines is 1. The maximum atomic E-state index is 12.6. The maximum Gasteiger partial charge on any atom is 0.244 e. The first-order valence-electron chi connectivity index (χ1n) is 9.36. The van der Waals surface area contributed by atoms with E-state index in [0.717, 1.165) is 4.90 Å². The predicted octanol–water partition coefficient (Wildman–Crippen LogP) is 4.02. The third-order valence-electron chi connectivity index (χ3n) is 5.12. The van der Waals surface area contributed by atoms with Crippen LogP contribution < -0.4 is 10.1 Å². The highest BCUT2D eigenvalue weighted by atomic mass is 35.5. The van der Waals surface area contributed by atoms with Crippen molar-refractivity contribution in [1.29, 1.82) is 0 Å². The Balaban J connectivity index is 1.46. The number of imide groups is 1. The zero-order chi connectivity index (χ0) is 20.4. The van der Waals surface area contributed by atoms with Gasteiger partial charge in [0.15, 0.2) is 5.75 Å². The highest BCUT2D eigenvalue weighted by Gasteiger charge is 2.47. The van der Waals surface area contributed by atoms with E-state index >= 15 is 0 Å². The fourth-order valence-corrected chi connectivity index (χ4v) is 3.84. The van der Waals surface area contributed by atoms with Gasteiger partial charge in [-0.25, -0.2) is 0 Å².